The van der Waals surface area contributed by atoms with E-state index < -0.39 is 22.4 Å². The van der Waals surface area contributed by atoms with Crippen molar-refractivity contribution < 1.29 is 24.5 Å². The lowest BCUT2D eigenvalue weighted by atomic mass is 9.47. The highest BCUT2D eigenvalue weighted by Crippen LogP contribution is 2.78. The van der Waals surface area contributed by atoms with E-state index in [-0.39, 0.29) is 42.1 Å². The third-order valence-electron chi connectivity index (χ3n) is 9.16. The minimum Gasteiger partial charge on any atom is -0.481 e. The number of allylic oxidation sites excluding steroid dienone is 1. The van der Waals surface area contributed by atoms with Gasteiger partial charge in [-0.1, -0.05) is 45.8 Å². The van der Waals surface area contributed by atoms with Crippen LogP contribution in [0.3, 0.4) is 0 Å². The standard InChI is InChI=1S/C24H36O5/c1-5-6-7-29-13-23(28)11-20-17(15(23)4)9-19-16-8-18(14(2)3)24(19,21(26)27)22(20,10-16)12-25/h8,12,14-17,19-20,28H,5-7,9-11,13H2,1-4H3,(H,26,27)/t15?,16-,17?,19-,20?,22-,23?,24+/m0/s1. The van der Waals surface area contributed by atoms with Gasteiger partial charge in [0.15, 0.2) is 0 Å². The minimum absolute atomic E-state index is 0.00194. The lowest BCUT2D eigenvalue weighted by Crippen LogP contribution is -2.58. The molecule has 0 aromatic heterocycles. The molecule has 4 unspecified atom stereocenters. The van der Waals surface area contributed by atoms with Gasteiger partial charge in [0.25, 0.3) is 0 Å². The Bertz CT molecular complexity index is 729. The number of rotatable bonds is 8. The van der Waals surface area contributed by atoms with Crippen molar-refractivity contribution in [1.29, 1.82) is 0 Å². The number of unbranched alkanes of at least 4 members (excludes halogenated alkanes) is 1. The average molecular weight is 405 g/mol. The van der Waals surface area contributed by atoms with Crippen molar-refractivity contribution in [1.82, 2.24) is 0 Å². The smallest absolute Gasteiger partial charge is 0.315 e. The van der Waals surface area contributed by atoms with Crippen LogP contribution in [0.1, 0.15) is 59.8 Å². The molecule has 2 N–H and O–H groups in total. The maximum atomic E-state index is 12.9. The molecule has 162 valence electrons. The molecule has 4 aliphatic carbocycles. The first-order chi connectivity index (χ1) is 13.7. The van der Waals surface area contributed by atoms with E-state index in [2.05, 4.69) is 19.9 Å². The van der Waals surface area contributed by atoms with Crippen LogP contribution in [0.2, 0.25) is 0 Å². The molecular weight excluding hydrogens is 368 g/mol. The van der Waals surface area contributed by atoms with E-state index in [1.54, 1.807) is 0 Å². The average Bonchev–Trinajstić information content (AvgIpc) is 3.22. The molecule has 5 heteroatoms. The summed E-state index contributed by atoms with van der Waals surface area (Å²) in [6.07, 6.45) is 7.02. The molecule has 0 spiro atoms. The van der Waals surface area contributed by atoms with Crippen molar-refractivity contribution in [3.8, 4) is 0 Å². The van der Waals surface area contributed by atoms with Crippen molar-refractivity contribution in [2.45, 2.75) is 65.4 Å². The van der Waals surface area contributed by atoms with Crippen LogP contribution in [-0.4, -0.2) is 41.3 Å². The first-order valence-electron chi connectivity index (χ1n) is 11.4. The van der Waals surface area contributed by atoms with Gasteiger partial charge in [0, 0.05) is 12.0 Å². The van der Waals surface area contributed by atoms with Crippen molar-refractivity contribution >= 4 is 12.3 Å². The van der Waals surface area contributed by atoms with E-state index in [0.717, 1.165) is 31.1 Å². The highest BCUT2D eigenvalue weighted by atomic mass is 16.5. The van der Waals surface area contributed by atoms with Gasteiger partial charge in [-0.2, -0.15) is 0 Å². The summed E-state index contributed by atoms with van der Waals surface area (Å²) in [6.45, 7) is 9.16. The van der Waals surface area contributed by atoms with E-state index in [0.29, 0.717) is 19.4 Å². The predicted octanol–water partition coefficient (Wildman–Crippen LogP) is 3.70. The number of carboxylic acids is 1. The van der Waals surface area contributed by atoms with E-state index in [1.165, 1.54) is 0 Å². The van der Waals surface area contributed by atoms with Crippen molar-refractivity contribution in [3.63, 3.8) is 0 Å². The van der Waals surface area contributed by atoms with Crippen molar-refractivity contribution in [2.75, 3.05) is 13.2 Å². The summed E-state index contributed by atoms with van der Waals surface area (Å²) in [5, 5.41) is 22.0. The Kier molecular flexibility index (Phi) is 5.02. The van der Waals surface area contributed by atoms with Crippen LogP contribution in [-0.2, 0) is 14.3 Å². The van der Waals surface area contributed by atoms with E-state index in [4.69, 9.17) is 4.74 Å². The van der Waals surface area contributed by atoms with E-state index >= 15 is 0 Å². The van der Waals surface area contributed by atoms with Gasteiger partial charge in [-0.3, -0.25) is 4.79 Å². The topological polar surface area (TPSA) is 83.8 Å². The normalized spacial score (nSPS) is 47.4. The van der Waals surface area contributed by atoms with E-state index in [1.807, 2.05) is 13.8 Å². The zero-order chi connectivity index (χ0) is 21.2. The first-order valence-corrected chi connectivity index (χ1v) is 11.4. The molecular formula is C24H36O5. The Morgan fingerprint density at radius 3 is 2.66 bits per heavy atom. The number of aliphatic carboxylic acids is 1. The van der Waals surface area contributed by atoms with Crippen LogP contribution in [0.4, 0.5) is 0 Å². The van der Waals surface area contributed by atoms with Gasteiger partial charge in [-0.05, 0) is 61.2 Å². The van der Waals surface area contributed by atoms with Crippen molar-refractivity contribution in [2.24, 2.45) is 46.3 Å². The Hall–Kier alpha value is -1.20. The molecule has 0 aliphatic heterocycles. The third-order valence-corrected chi connectivity index (χ3v) is 9.16. The monoisotopic (exact) mass is 404 g/mol. The van der Waals surface area contributed by atoms with Crippen LogP contribution in [0.25, 0.3) is 0 Å². The molecule has 0 saturated heterocycles. The molecule has 3 fully saturated rings. The number of aldehydes is 1. The lowest BCUT2D eigenvalue weighted by molar-refractivity contribution is -0.169. The molecule has 0 aromatic rings. The Balaban J connectivity index is 1.72. The number of carbonyl (C=O) groups is 2. The zero-order valence-corrected chi connectivity index (χ0v) is 18.2. The fraction of sp³-hybridized carbons (Fsp3) is 0.833. The highest BCUT2D eigenvalue weighted by molar-refractivity contribution is 5.89. The first kappa shape index (κ1) is 21.0. The maximum Gasteiger partial charge on any atom is 0.315 e. The predicted molar refractivity (Wildman–Crippen MR) is 109 cm³/mol. The summed E-state index contributed by atoms with van der Waals surface area (Å²) in [5.74, 6) is -0.533. The summed E-state index contributed by atoms with van der Waals surface area (Å²) in [7, 11) is 0. The van der Waals surface area contributed by atoms with Gasteiger partial charge in [0.1, 0.15) is 11.7 Å². The maximum absolute atomic E-state index is 12.9. The number of aliphatic hydroxyl groups is 1. The Labute approximate surface area is 173 Å². The lowest BCUT2D eigenvalue weighted by Gasteiger charge is -2.53. The van der Waals surface area contributed by atoms with Crippen LogP contribution in [0, 0.1) is 46.3 Å². The van der Waals surface area contributed by atoms with Gasteiger partial charge < -0.3 is 19.7 Å². The molecule has 3 saturated carbocycles. The molecule has 0 amide bonds. The number of fused-ring (bicyclic) bond motifs is 2. The zero-order valence-electron chi connectivity index (χ0n) is 18.2. The highest BCUT2D eigenvalue weighted by Gasteiger charge is 2.79. The fourth-order valence-corrected chi connectivity index (χ4v) is 7.91. The summed E-state index contributed by atoms with van der Waals surface area (Å²) in [5.41, 5.74) is -2.04. The van der Waals surface area contributed by atoms with Crippen molar-refractivity contribution in [3.05, 3.63) is 11.6 Å². The number of carbonyl (C=O) groups excluding carboxylic acids is 1. The van der Waals surface area contributed by atoms with E-state index in [9.17, 15) is 19.8 Å². The Morgan fingerprint density at radius 1 is 1.34 bits per heavy atom. The SMILES string of the molecule is CCCCOCC1(O)CC2C(C[C@H]3[C@H]4C=C(C(C)C)[C@@]3(C(=O)O)[C@]2(C=O)C4)C1C. The van der Waals surface area contributed by atoms with Crippen LogP contribution >= 0.6 is 0 Å². The largest absolute Gasteiger partial charge is 0.481 e. The minimum atomic E-state index is -1.09. The molecule has 0 radical (unpaired) electrons. The number of carboxylic acid groups (broad SMARTS) is 1. The van der Waals surface area contributed by atoms with Gasteiger partial charge in [-0.15, -0.1) is 0 Å². The number of hydrogen-bond donors (Lipinski definition) is 2. The summed E-state index contributed by atoms with van der Waals surface area (Å²) >= 11 is 0. The molecule has 5 nitrogen and oxygen atoms in total. The second-order valence-electron chi connectivity index (χ2n) is 10.5. The second-order valence-corrected chi connectivity index (χ2v) is 10.5. The van der Waals surface area contributed by atoms with Crippen LogP contribution in [0.15, 0.2) is 11.6 Å². The number of ether oxygens (including phenoxy) is 1. The quantitative estimate of drug-likeness (QED) is 0.366. The van der Waals surface area contributed by atoms with Crippen LogP contribution in [0.5, 0.6) is 0 Å². The molecule has 4 bridgehead atoms. The van der Waals surface area contributed by atoms with Gasteiger partial charge in [-0.25, -0.2) is 0 Å². The van der Waals surface area contributed by atoms with Crippen LogP contribution < -0.4 is 0 Å². The van der Waals surface area contributed by atoms with Gasteiger partial charge in [0.05, 0.1) is 12.2 Å². The second kappa shape index (κ2) is 6.91. The number of hydrogen-bond acceptors (Lipinski definition) is 4. The molecule has 0 heterocycles. The fourth-order valence-electron chi connectivity index (χ4n) is 7.91. The molecule has 0 aromatic carbocycles. The summed E-state index contributed by atoms with van der Waals surface area (Å²) < 4.78 is 5.81. The molecule has 8 atom stereocenters. The Morgan fingerprint density at radius 2 is 2.07 bits per heavy atom. The molecule has 4 rings (SSSR count). The third kappa shape index (κ3) is 2.46. The van der Waals surface area contributed by atoms with Gasteiger partial charge >= 0.3 is 5.97 Å². The van der Waals surface area contributed by atoms with Gasteiger partial charge in [0.2, 0.25) is 0 Å². The molecule has 29 heavy (non-hydrogen) atoms. The molecule has 4 aliphatic rings. The summed E-state index contributed by atoms with van der Waals surface area (Å²) in [4.78, 5) is 25.6. The summed E-state index contributed by atoms with van der Waals surface area (Å²) in [6, 6.07) is 0.